The van der Waals surface area contributed by atoms with Crippen molar-refractivity contribution in [2.75, 3.05) is 20.6 Å². The first-order chi connectivity index (χ1) is 7.99. The van der Waals surface area contributed by atoms with Crippen LogP contribution in [0.25, 0.3) is 0 Å². The van der Waals surface area contributed by atoms with E-state index >= 15 is 0 Å². The highest BCUT2D eigenvalue weighted by Crippen LogP contribution is 2.06. The van der Waals surface area contributed by atoms with Gasteiger partial charge in [-0.2, -0.15) is 0 Å². The van der Waals surface area contributed by atoms with E-state index in [2.05, 4.69) is 27.4 Å². The van der Waals surface area contributed by atoms with Gasteiger partial charge in [0.15, 0.2) is 0 Å². The normalized spacial score (nSPS) is 12.5. The maximum absolute atomic E-state index is 11.5. The predicted octanol–water partition coefficient (Wildman–Crippen LogP) is 1.20. The van der Waals surface area contributed by atoms with Crippen LogP contribution in [0, 0.1) is 6.92 Å². The fourth-order valence-electron chi connectivity index (χ4n) is 1.15. The zero-order valence-electron chi connectivity index (χ0n) is 10.8. The van der Waals surface area contributed by atoms with Gasteiger partial charge in [0.25, 0.3) is 0 Å². The fraction of sp³-hybridized carbons (Fsp3) is 0.636. The minimum atomic E-state index is -0.149. The van der Waals surface area contributed by atoms with Crippen LogP contribution in [0.5, 0.6) is 0 Å². The van der Waals surface area contributed by atoms with Gasteiger partial charge >= 0.3 is 6.03 Å². The number of carbonyl (C=O) groups is 1. The number of urea groups is 1. The van der Waals surface area contributed by atoms with Crippen molar-refractivity contribution in [3.05, 3.63) is 16.1 Å². The summed E-state index contributed by atoms with van der Waals surface area (Å²) >= 11 is 1.59. The molecule has 0 aromatic carbocycles. The zero-order chi connectivity index (χ0) is 12.8. The summed E-state index contributed by atoms with van der Waals surface area (Å²) in [5.41, 5.74) is 0.906. The Hall–Kier alpha value is -1.14. The number of thiazole rings is 1. The molecule has 17 heavy (non-hydrogen) atoms. The van der Waals surface area contributed by atoms with Crippen LogP contribution in [0.15, 0.2) is 5.38 Å². The third-order valence-corrected chi connectivity index (χ3v) is 3.36. The second-order valence-electron chi connectivity index (χ2n) is 4.23. The summed E-state index contributed by atoms with van der Waals surface area (Å²) in [6.45, 7) is 5.12. The van der Waals surface area contributed by atoms with Crippen LogP contribution in [-0.4, -0.2) is 42.6 Å². The van der Waals surface area contributed by atoms with Crippen molar-refractivity contribution in [3.63, 3.8) is 0 Å². The first-order valence-corrected chi connectivity index (χ1v) is 6.46. The van der Waals surface area contributed by atoms with Gasteiger partial charge in [-0.25, -0.2) is 9.78 Å². The molecule has 2 amide bonds. The molecule has 0 aliphatic rings. The number of hydrogen-bond acceptors (Lipinski definition) is 4. The molecule has 0 saturated carbocycles. The number of aryl methyl sites for hydroxylation is 1. The summed E-state index contributed by atoms with van der Waals surface area (Å²) in [7, 11) is 3.98. The van der Waals surface area contributed by atoms with E-state index in [0.29, 0.717) is 19.1 Å². The standard InChI is InChI=1S/C11H20N4OS/c1-8(15(3)4)5-12-11(16)13-6-10-7-17-9(2)14-10/h7-8H,5-6H2,1-4H3,(H2,12,13,16). The fourth-order valence-corrected chi connectivity index (χ4v) is 1.76. The number of nitrogens with one attached hydrogen (secondary N) is 2. The Morgan fingerprint density at radius 3 is 2.76 bits per heavy atom. The first-order valence-electron chi connectivity index (χ1n) is 5.58. The molecule has 0 fully saturated rings. The van der Waals surface area contributed by atoms with Gasteiger partial charge in [-0.15, -0.1) is 11.3 Å². The second-order valence-corrected chi connectivity index (χ2v) is 5.30. The smallest absolute Gasteiger partial charge is 0.315 e. The molecule has 1 aromatic heterocycles. The van der Waals surface area contributed by atoms with Gasteiger partial charge < -0.3 is 15.5 Å². The Morgan fingerprint density at radius 1 is 1.53 bits per heavy atom. The SMILES string of the molecule is Cc1nc(CNC(=O)NCC(C)N(C)C)cs1. The number of likely N-dealkylation sites (N-methyl/N-ethyl adjacent to an activating group) is 1. The molecular formula is C11H20N4OS. The van der Waals surface area contributed by atoms with Crippen molar-refractivity contribution in [1.29, 1.82) is 0 Å². The van der Waals surface area contributed by atoms with Crippen LogP contribution >= 0.6 is 11.3 Å². The van der Waals surface area contributed by atoms with Crippen molar-refractivity contribution >= 4 is 17.4 Å². The molecule has 6 heteroatoms. The zero-order valence-corrected chi connectivity index (χ0v) is 11.6. The van der Waals surface area contributed by atoms with Crippen LogP contribution in [0.3, 0.4) is 0 Å². The number of nitrogens with zero attached hydrogens (tertiary/aromatic N) is 2. The van der Waals surface area contributed by atoms with Crippen molar-refractivity contribution in [3.8, 4) is 0 Å². The lowest BCUT2D eigenvalue weighted by Crippen LogP contribution is -2.42. The van der Waals surface area contributed by atoms with Gasteiger partial charge in [0, 0.05) is 18.0 Å². The Morgan fingerprint density at radius 2 is 2.24 bits per heavy atom. The molecule has 0 radical (unpaired) electrons. The number of carbonyl (C=O) groups excluding carboxylic acids is 1. The molecule has 1 heterocycles. The average molecular weight is 256 g/mol. The lowest BCUT2D eigenvalue weighted by molar-refractivity contribution is 0.234. The monoisotopic (exact) mass is 256 g/mol. The quantitative estimate of drug-likeness (QED) is 0.832. The lowest BCUT2D eigenvalue weighted by Gasteiger charge is -2.19. The van der Waals surface area contributed by atoms with Gasteiger partial charge in [-0.3, -0.25) is 0 Å². The maximum atomic E-state index is 11.5. The number of hydrogen-bond donors (Lipinski definition) is 2. The van der Waals surface area contributed by atoms with Crippen LogP contribution in [0.4, 0.5) is 4.79 Å². The van der Waals surface area contributed by atoms with Gasteiger partial charge in [-0.1, -0.05) is 0 Å². The molecule has 1 unspecified atom stereocenters. The summed E-state index contributed by atoms with van der Waals surface area (Å²) in [5, 5.41) is 8.58. The minimum absolute atomic E-state index is 0.149. The predicted molar refractivity (Wildman–Crippen MR) is 70.2 cm³/mol. The van der Waals surface area contributed by atoms with Crippen LogP contribution < -0.4 is 10.6 Å². The van der Waals surface area contributed by atoms with E-state index in [4.69, 9.17) is 0 Å². The second kappa shape index (κ2) is 6.56. The highest BCUT2D eigenvalue weighted by Gasteiger charge is 2.07. The largest absolute Gasteiger partial charge is 0.337 e. The number of amides is 2. The van der Waals surface area contributed by atoms with E-state index in [1.54, 1.807) is 11.3 Å². The Kier molecular flexibility index (Phi) is 5.37. The van der Waals surface area contributed by atoms with Crippen molar-refractivity contribution in [2.24, 2.45) is 0 Å². The van der Waals surface area contributed by atoms with Gasteiger partial charge in [0.1, 0.15) is 0 Å². The minimum Gasteiger partial charge on any atom is -0.337 e. The summed E-state index contributed by atoms with van der Waals surface area (Å²) in [6.07, 6.45) is 0. The highest BCUT2D eigenvalue weighted by molar-refractivity contribution is 7.09. The third kappa shape index (κ3) is 5.14. The van der Waals surface area contributed by atoms with Crippen LogP contribution in [0.1, 0.15) is 17.6 Å². The number of rotatable bonds is 5. The highest BCUT2D eigenvalue weighted by atomic mass is 32.1. The number of aromatic nitrogens is 1. The summed E-state index contributed by atoms with van der Waals surface area (Å²) in [6, 6.07) is 0.173. The van der Waals surface area contributed by atoms with Gasteiger partial charge in [-0.05, 0) is 27.9 Å². The van der Waals surface area contributed by atoms with Gasteiger partial charge in [0.05, 0.1) is 17.2 Å². The van der Waals surface area contributed by atoms with E-state index in [1.807, 2.05) is 26.4 Å². The first kappa shape index (κ1) is 13.9. The molecule has 5 nitrogen and oxygen atoms in total. The van der Waals surface area contributed by atoms with E-state index in [0.717, 1.165) is 10.7 Å². The molecule has 0 spiro atoms. The molecule has 0 saturated heterocycles. The molecular weight excluding hydrogens is 236 g/mol. The maximum Gasteiger partial charge on any atom is 0.315 e. The molecule has 0 aliphatic carbocycles. The molecule has 96 valence electrons. The Bertz CT molecular complexity index is 364. The Labute approximate surface area is 106 Å². The third-order valence-electron chi connectivity index (χ3n) is 2.54. The molecule has 2 N–H and O–H groups in total. The lowest BCUT2D eigenvalue weighted by atomic mass is 10.3. The van der Waals surface area contributed by atoms with E-state index in [-0.39, 0.29) is 6.03 Å². The molecule has 0 aliphatic heterocycles. The van der Waals surface area contributed by atoms with Crippen molar-refractivity contribution < 1.29 is 4.79 Å². The summed E-state index contributed by atoms with van der Waals surface area (Å²) in [5.74, 6) is 0. The van der Waals surface area contributed by atoms with E-state index in [1.165, 1.54) is 0 Å². The average Bonchev–Trinajstić information content (AvgIpc) is 2.69. The summed E-state index contributed by atoms with van der Waals surface area (Å²) in [4.78, 5) is 17.8. The Balaban J connectivity index is 2.22. The van der Waals surface area contributed by atoms with E-state index in [9.17, 15) is 4.79 Å². The van der Waals surface area contributed by atoms with Gasteiger partial charge in [0.2, 0.25) is 0 Å². The van der Waals surface area contributed by atoms with E-state index < -0.39 is 0 Å². The molecule has 0 bridgehead atoms. The van der Waals surface area contributed by atoms with Crippen molar-refractivity contribution in [2.45, 2.75) is 26.4 Å². The molecule has 1 rings (SSSR count). The summed E-state index contributed by atoms with van der Waals surface area (Å²) < 4.78 is 0. The molecule has 1 aromatic rings. The van der Waals surface area contributed by atoms with Crippen molar-refractivity contribution in [1.82, 2.24) is 20.5 Å². The molecule has 1 atom stereocenters. The topological polar surface area (TPSA) is 57.3 Å². The van der Waals surface area contributed by atoms with Crippen LogP contribution in [0.2, 0.25) is 0 Å². The van der Waals surface area contributed by atoms with Crippen LogP contribution in [-0.2, 0) is 6.54 Å².